The van der Waals surface area contributed by atoms with E-state index in [1.807, 2.05) is 19.9 Å². The lowest BCUT2D eigenvalue weighted by molar-refractivity contribution is -0.140. The van der Waals surface area contributed by atoms with Gasteiger partial charge in [-0.05, 0) is 61.6 Å². The number of halogens is 1. The van der Waals surface area contributed by atoms with Crippen molar-refractivity contribution in [3.63, 3.8) is 0 Å². The van der Waals surface area contributed by atoms with Gasteiger partial charge in [0.15, 0.2) is 0 Å². The van der Waals surface area contributed by atoms with Crippen molar-refractivity contribution in [1.29, 1.82) is 0 Å². The summed E-state index contributed by atoms with van der Waals surface area (Å²) in [5.74, 6) is -1.15. The van der Waals surface area contributed by atoms with E-state index in [-0.39, 0.29) is 18.5 Å². The molecule has 0 bridgehead atoms. The molecule has 0 aromatic heterocycles. The zero-order chi connectivity index (χ0) is 26.3. The van der Waals surface area contributed by atoms with Gasteiger partial charge in [0.2, 0.25) is 21.8 Å². The SMILES string of the molecule is CC[C@@H](C(=O)NC1CCCCC1)N(Cc1ccc(F)cc1)C(=O)CN(c1cccc(C)c1)S(C)(=O)=O. The van der Waals surface area contributed by atoms with E-state index in [0.717, 1.165) is 48.2 Å². The van der Waals surface area contributed by atoms with Crippen molar-refractivity contribution in [2.45, 2.75) is 71.0 Å². The first-order valence-corrected chi connectivity index (χ1v) is 14.3. The number of nitrogens with one attached hydrogen (secondary N) is 1. The van der Waals surface area contributed by atoms with Gasteiger partial charge in [0, 0.05) is 12.6 Å². The summed E-state index contributed by atoms with van der Waals surface area (Å²) in [7, 11) is -3.78. The third-order valence-corrected chi connectivity index (χ3v) is 7.71. The number of nitrogens with zero attached hydrogens (tertiary/aromatic N) is 2. The third-order valence-electron chi connectivity index (χ3n) is 6.57. The van der Waals surface area contributed by atoms with Crippen molar-refractivity contribution < 1.29 is 22.4 Å². The number of sulfonamides is 1. The van der Waals surface area contributed by atoms with Crippen LogP contribution in [0.25, 0.3) is 0 Å². The normalized spacial score (nSPS) is 15.2. The largest absolute Gasteiger partial charge is 0.352 e. The quantitative estimate of drug-likeness (QED) is 0.513. The minimum atomic E-state index is -3.78. The van der Waals surface area contributed by atoms with Crippen molar-refractivity contribution in [3.8, 4) is 0 Å². The number of hydrogen-bond acceptors (Lipinski definition) is 4. The molecule has 0 radical (unpaired) electrons. The van der Waals surface area contributed by atoms with Crippen LogP contribution < -0.4 is 9.62 Å². The Kier molecular flexibility index (Phi) is 9.48. The fraction of sp³-hybridized carbons (Fsp3) is 0.481. The first-order chi connectivity index (χ1) is 17.1. The van der Waals surface area contributed by atoms with Gasteiger partial charge < -0.3 is 10.2 Å². The van der Waals surface area contributed by atoms with Crippen LogP contribution in [0.15, 0.2) is 48.5 Å². The van der Waals surface area contributed by atoms with E-state index in [9.17, 15) is 22.4 Å². The Morgan fingerprint density at radius 1 is 1.08 bits per heavy atom. The van der Waals surface area contributed by atoms with Crippen molar-refractivity contribution in [2.75, 3.05) is 17.1 Å². The molecule has 0 aliphatic heterocycles. The minimum Gasteiger partial charge on any atom is -0.352 e. The Labute approximate surface area is 213 Å². The molecule has 3 rings (SSSR count). The molecule has 1 N–H and O–H groups in total. The van der Waals surface area contributed by atoms with Gasteiger partial charge in [0.25, 0.3) is 0 Å². The minimum absolute atomic E-state index is 0.0567. The summed E-state index contributed by atoms with van der Waals surface area (Å²) in [5.41, 5.74) is 1.89. The van der Waals surface area contributed by atoms with Gasteiger partial charge in [-0.3, -0.25) is 13.9 Å². The predicted molar refractivity (Wildman–Crippen MR) is 139 cm³/mol. The van der Waals surface area contributed by atoms with Gasteiger partial charge in [-0.15, -0.1) is 0 Å². The Morgan fingerprint density at radius 2 is 1.75 bits per heavy atom. The molecule has 2 amide bonds. The fourth-order valence-corrected chi connectivity index (χ4v) is 5.49. The lowest BCUT2D eigenvalue weighted by atomic mass is 9.95. The van der Waals surface area contributed by atoms with Crippen LogP contribution in [0.5, 0.6) is 0 Å². The fourth-order valence-electron chi connectivity index (χ4n) is 4.65. The summed E-state index contributed by atoms with van der Waals surface area (Å²) in [6.07, 6.45) is 6.49. The number of carbonyl (C=O) groups is 2. The molecule has 0 saturated heterocycles. The van der Waals surface area contributed by atoms with Crippen molar-refractivity contribution in [3.05, 3.63) is 65.5 Å². The number of carbonyl (C=O) groups excluding carboxylic acids is 2. The number of aryl methyl sites for hydroxylation is 1. The van der Waals surface area contributed by atoms with E-state index in [1.165, 1.54) is 17.0 Å². The zero-order valence-electron chi connectivity index (χ0n) is 21.2. The molecule has 2 aromatic carbocycles. The van der Waals surface area contributed by atoms with E-state index in [2.05, 4.69) is 5.32 Å². The van der Waals surface area contributed by atoms with Crippen molar-refractivity contribution in [1.82, 2.24) is 10.2 Å². The van der Waals surface area contributed by atoms with Crippen LogP contribution in [-0.4, -0.2) is 50.0 Å². The Hall–Kier alpha value is -2.94. The predicted octanol–water partition coefficient (Wildman–Crippen LogP) is 4.16. The van der Waals surface area contributed by atoms with E-state index in [1.54, 1.807) is 30.3 Å². The van der Waals surface area contributed by atoms with Gasteiger partial charge in [-0.2, -0.15) is 0 Å². The zero-order valence-corrected chi connectivity index (χ0v) is 22.1. The number of rotatable bonds is 10. The highest BCUT2D eigenvalue weighted by molar-refractivity contribution is 7.92. The van der Waals surface area contributed by atoms with Crippen LogP contribution in [0.1, 0.15) is 56.6 Å². The summed E-state index contributed by atoms with van der Waals surface area (Å²) >= 11 is 0. The highest BCUT2D eigenvalue weighted by Gasteiger charge is 2.32. The third kappa shape index (κ3) is 7.53. The van der Waals surface area contributed by atoms with E-state index in [0.29, 0.717) is 17.7 Å². The second-order valence-electron chi connectivity index (χ2n) is 9.52. The molecule has 36 heavy (non-hydrogen) atoms. The Morgan fingerprint density at radius 3 is 2.33 bits per heavy atom. The number of hydrogen-bond donors (Lipinski definition) is 1. The summed E-state index contributed by atoms with van der Waals surface area (Å²) in [6.45, 7) is 3.28. The van der Waals surface area contributed by atoms with Crippen molar-refractivity contribution >= 4 is 27.5 Å². The number of anilines is 1. The maximum Gasteiger partial charge on any atom is 0.244 e. The van der Waals surface area contributed by atoms with E-state index in [4.69, 9.17) is 0 Å². The second-order valence-corrected chi connectivity index (χ2v) is 11.4. The molecule has 196 valence electrons. The molecular weight excluding hydrogens is 481 g/mol. The monoisotopic (exact) mass is 517 g/mol. The molecule has 1 aliphatic rings. The summed E-state index contributed by atoms with van der Waals surface area (Å²) in [6, 6.07) is 11.9. The number of amides is 2. The average Bonchev–Trinajstić information content (AvgIpc) is 2.83. The molecule has 1 aliphatic carbocycles. The van der Waals surface area contributed by atoms with Gasteiger partial charge >= 0.3 is 0 Å². The summed E-state index contributed by atoms with van der Waals surface area (Å²) < 4.78 is 39.9. The second kappa shape index (κ2) is 12.3. The van der Waals surface area contributed by atoms with Gasteiger partial charge in [-0.25, -0.2) is 12.8 Å². The van der Waals surface area contributed by atoms with Crippen LogP contribution in [-0.2, 0) is 26.2 Å². The summed E-state index contributed by atoms with van der Waals surface area (Å²) in [5, 5.41) is 3.10. The Balaban J connectivity index is 1.90. The molecule has 2 aromatic rings. The lowest BCUT2D eigenvalue weighted by Crippen LogP contribution is -2.53. The molecule has 0 unspecified atom stereocenters. The number of benzene rings is 2. The summed E-state index contributed by atoms with van der Waals surface area (Å²) in [4.78, 5) is 28.4. The molecule has 1 saturated carbocycles. The van der Waals surface area contributed by atoms with Crippen LogP contribution in [0.4, 0.5) is 10.1 Å². The topological polar surface area (TPSA) is 86.8 Å². The first kappa shape index (κ1) is 27.6. The maximum atomic E-state index is 13.7. The maximum absolute atomic E-state index is 13.7. The molecule has 7 nitrogen and oxygen atoms in total. The van der Waals surface area contributed by atoms with Crippen LogP contribution in [0.2, 0.25) is 0 Å². The van der Waals surface area contributed by atoms with Gasteiger partial charge in [0.1, 0.15) is 18.4 Å². The molecule has 1 atom stereocenters. The molecule has 9 heteroatoms. The molecule has 0 heterocycles. The van der Waals surface area contributed by atoms with Crippen LogP contribution in [0, 0.1) is 12.7 Å². The smallest absolute Gasteiger partial charge is 0.244 e. The lowest BCUT2D eigenvalue weighted by Gasteiger charge is -2.34. The van der Waals surface area contributed by atoms with E-state index < -0.39 is 34.3 Å². The highest BCUT2D eigenvalue weighted by Crippen LogP contribution is 2.22. The Bertz CT molecular complexity index is 1150. The van der Waals surface area contributed by atoms with E-state index >= 15 is 0 Å². The first-order valence-electron chi connectivity index (χ1n) is 12.5. The standard InChI is InChI=1S/C27H36FN3O4S/c1-4-25(27(33)29-23-10-6-5-7-11-23)30(18-21-13-15-22(28)16-14-21)26(32)19-31(36(3,34)35)24-12-8-9-20(2)17-24/h8-9,12-17,23,25H,4-7,10-11,18-19H2,1-3H3,(H,29,33)/t25-/m0/s1. The molecule has 1 fully saturated rings. The van der Waals surface area contributed by atoms with Crippen LogP contribution in [0.3, 0.4) is 0 Å². The molecular formula is C27H36FN3O4S. The van der Waals surface area contributed by atoms with Crippen molar-refractivity contribution in [2.24, 2.45) is 0 Å². The van der Waals surface area contributed by atoms with Gasteiger partial charge in [-0.1, -0.05) is 50.5 Å². The van der Waals surface area contributed by atoms with Gasteiger partial charge in [0.05, 0.1) is 11.9 Å². The average molecular weight is 518 g/mol. The molecule has 0 spiro atoms. The highest BCUT2D eigenvalue weighted by atomic mass is 32.2. The van der Waals surface area contributed by atoms with Crippen LogP contribution >= 0.6 is 0 Å².